The first-order valence-electron chi connectivity index (χ1n) is 27.9. The molecule has 30 atom stereocenters. The first kappa shape index (κ1) is 61.9. The van der Waals surface area contributed by atoms with Gasteiger partial charge in [-0.05, 0) is 124 Å². The van der Waals surface area contributed by atoms with Gasteiger partial charge in [-0.2, -0.15) is 0 Å². The topological polar surface area (TPSA) is 377 Å². The molecule has 4 saturated heterocycles. The number of aliphatic hydroxyl groups is 15. The SMILES string of the molecule is CC(C)=CCC[C@@](C)(O[C@@H]1O[C@H](CO[C@@H]2O[C@H](CO)[C@@H](O)[C@H](O)[C@H]2O)[C@@H](O)[C@H](O)[C@H]1O)[C@H]1CC[C@]2(C)[C@@H]1[C@H](O)C[C@@H]1[C@@]3(C)CC[C@@H](O[C@@H]4O[C@H](CO)[C@@H](O)[C@H](O)[C@H]4O[C@@H]4O[C@H](CO)[C@@H](O)[C@H](O)[C@H]4O)C(C)(C)[C@@H]3CC[C@]12C. The van der Waals surface area contributed by atoms with Gasteiger partial charge in [-0.1, -0.05) is 46.3 Å². The van der Waals surface area contributed by atoms with Crippen molar-refractivity contribution in [3.63, 3.8) is 0 Å². The van der Waals surface area contributed by atoms with E-state index in [2.05, 4.69) is 40.7 Å². The third-order valence-corrected chi connectivity index (χ3v) is 20.9. The van der Waals surface area contributed by atoms with E-state index in [0.29, 0.717) is 38.5 Å². The van der Waals surface area contributed by atoms with E-state index in [1.807, 2.05) is 20.8 Å². The molecule has 23 heteroatoms. The number of fused-ring (bicyclic) bond motifs is 5. The zero-order chi connectivity index (χ0) is 56.6. The Morgan fingerprint density at radius 3 is 1.64 bits per heavy atom. The van der Waals surface area contributed by atoms with Crippen LogP contribution < -0.4 is 0 Å². The maximum atomic E-state index is 12.8. The third kappa shape index (κ3) is 10.9. The van der Waals surface area contributed by atoms with Crippen LogP contribution in [0.1, 0.15) is 113 Å². The molecule has 15 N–H and O–H groups in total. The van der Waals surface area contributed by atoms with Crippen LogP contribution in [0.2, 0.25) is 0 Å². The van der Waals surface area contributed by atoms with Gasteiger partial charge in [0.2, 0.25) is 0 Å². The van der Waals surface area contributed by atoms with E-state index in [1.165, 1.54) is 0 Å². The Morgan fingerprint density at radius 1 is 0.545 bits per heavy atom. The normalized spacial score (nSPS) is 52.7. The predicted octanol–water partition coefficient (Wildman–Crippen LogP) is -2.20. The molecule has 4 heterocycles. The molecule has 0 aromatic rings. The largest absolute Gasteiger partial charge is 0.394 e. The highest BCUT2D eigenvalue weighted by molar-refractivity contribution is 5.20. The average Bonchev–Trinajstić information content (AvgIpc) is 3.96. The summed E-state index contributed by atoms with van der Waals surface area (Å²) in [5.41, 5.74) is -1.59. The van der Waals surface area contributed by atoms with Crippen molar-refractivity contribution >= 4 is 0 Å². The molecule has 77 heavy (non-hydrogen) atoms. The lowest BCUT2D eigenvalue weighted by atomic mass is 9.35. The fourth-order valence-corrected chi connectivity index (χ4v) is 16.3. The van der Waals surface area contributed by atoms with Crippen molar-refractivity contribution in [3.05, 3.63) is 11.6 Å². The first-order valence-corrected chi connectivity index (χ1v) is 27.9. The van der Waals surface area contributed by atoms with Gasteiger partial charge in [-0.3, -0.25) is 0 Å². The van der Waals surface area contributed by atoms with Crippen molar-refractivity contribution in [2.24, 2.45) is 45.3 Å². The summed E-state index contributed by atoms with van der Waals surface area (Å²) in [6, 6.07) is 0. The van der Waals surface area contributed by atoms with Crippen LogP contribution in [0.15, 0.2) is 11.6 Å². The number of hydrogen-bond acceptors (Lipinski definition) is 23. The summed E-state index contributed by atoms with van der Waals surface area (Å²) >= 11 is 0. The maximum Gasteiger partial charge on any atom is 0.187 e. The molecular weight excluding hydrogens is 1020 g/mol. The predicted molar refractivity (Wildman–Crippen MR) is 266 cm³/mol. The number of hydrogen-bond donors (Lipinski definition) is 15. The Morgan fingerprint density at radius 2 is 1.05 bits per heavy atom. The average molecular weight is 1110 g/mol. The second-order valence-electron chi connectivity index (χ2n) is 25.7. The standard InChI is InChI=1S/C54H92O23/c1-23(2)10-9-14-54(8,77-48-44(69)40(65)37(62)29(74-48)22-70-46-42(67)38(63)34(59)26(19-55)71-46)24-11-16-53(7)33(24)25(58)18-31-51(5)15-13-32(50(3,4)30(51)12-17-52(31,53)6)75-49-45(41(66)36(61)28(21-57)73-49)76-47-43(68)39(64)35(60)27(20-56)72-47/h10,24-49,55-69H,9,11-22H2,1-8H3/t24-,25+,26+,27+,28+,29+,30-,31+,32+,33-,34+,35+,36+,37+,38-,39-,40-,41-,42+,43+,44+,45+,46+,47-,48-,49-,51-,52+,53+,54+/m0/s1. The van der Waals surface area contributed by atoms with Crippen molar-refractivity contribution in [3.8, 4) is 0 Å². The molecule has 0 aromatic carbocycles. The van der Waals surface area contributed by atoms with Crippen molar-refractivity contribution in [2.45, 2.75) is 254 Å². The van der Waals surface area contributed by atoms with Gasteiger partial charge in [0.25, 0.3) is 0 Å². The van der Waals surface area contributed by atoms with Crippen molar-refractivity contribution in [1.29, 1.82) is 0 Å². The molecular formula is C54H92O23. The second-order valence-corrected chi connectivity index (χ2v) is 25.7. The van der Waals surface area contributed by atoms with Gasteiger partial charge in [-0.25, -0.2) is 0 Å². The summed E-state index contributed by atoms with van der Waals surface area (Å²) in [6.07, 6.45) is -25.2. The number of ether oxygens (including phenoxy) is 8. The van der Waals surface area contributed by atoms with E-state index < -0.39 is 178 Å². The van der Waals surface area contributed by atoms with Gasteiger partial charge >= 0.3 is 0 Å². The lowest BCUT2D eigenvalue weighted by Gasteiger charge is -2.71. The molecule has 446 valence electrons. The number of rotatable bonds is 16. The molecule has 8 aliphatic rings. The molecule has 0 amide bonds. The molecule has 4 aliphatic heterocycles. The smallest absolute Gasteiger partial charge is 0.187 e. The van der Waals surface area contributed by atoms with Gasteiger partial charge in [0.15, 0.2) is 25.2 Å². The molecule has 0 aromatic heterocycles. The van der Waals surface area contributed by atoms with Gasteiger partial charge in [-0.15, -0.1) is 0 Å². The minimum atomic E-state index is -1.82. The Labute approximate surface area is 450 Å². The lowest BCUT2D eigenvalue weighted by molar-refractivity contribution is -0.378. The van der Waals surface area contributed by atoms with E-state index in [-0.39, 0.29) is 34.5 Å². The maximum absolute atomic E-state index is 12.8. The Balaban J connectivity index is 1.01. The molecule has 8 rings (SSSR count). The van der Waals surface area contributed by atoms with E-state index >= 15 is 0 Å². The van der Waals surface area contributed by atoms with Crippen LogP contribution in [0, 0.1) is 45.3 Å². The zero-order valence-corrected chi connectivity index (χ0v) is 45.8. The zero-order valence-electron chi connectivity index (χ0n) is 45.8. The van der Waals surface area contributed by atoms with E-state index in [0.717, 1.165) is 24.8 Å². The number of aliphatic hydroxyl groups excluding tert-OH is 15. The minimum absolute atomic E-state index is 0.0374. The van der Waals surface area contributed by atoms with Crippen LogP contribution in [-0.2, 0) is 37.9 Å². The quantitative estimate of drug-likeness (QED) is 0.0576. The number of allylic oxidation sites excluding steroid dienone is 2. The molecule has 23 nitrogen and oxygen atoms in total. The van der Waals surface area contributed by atoms with Crippen LogP contribution in [0.25, 0.3) is 0 Å². The van der Waals surface area contributed by atoms with Crippen molar-refractivity contribution < 1.29 is 114 Å². The minimum Gasteiger partial charge on any atom is -0.394 e. The van der Waals surface area contributed by atoms with Crippen LogP contribution in [0.5, 0.6) is 0 Å². The Bertz CT molecular complexity index is 1990. The molecule has 0 bridgehead atoms. The molecule has 0 radical (unpaired) electrons. The highest BCUT2D eigenvalue weighted by Crippen LogP contribution is 2.76. The fourth-order valence-electron chi connectivity index (χ4n) is 16.3. The van der Waals surface area contributed by atoms with Crippen LogP contribution in [0.3, 0.4) is 0 Å². The Hall–Kier alpha value is -1.18. The summed E-state index contributed by atoms with van der Waals surface area (Å²) in [5, 5.41) is 162. The monoisotopic (exact) mass is 1110 g/mol. The van der Waals surface area contributed by atoms with Gasteiger partial charge in [0, 0.05) is 0 Å². The first-order chi connectivity index (χ1) is 36.0. The van der Waals surface area contributed by atoms with Crippen LogP contribution in [0.4, 0.5) is 0 Å². The fraction of sp³-hybridized carbons (Fsp3) is 0.963. The summed E-state index contributed by atoms with van der Waals surface area (Å²) in [4.78, 5) is 0. The van der Waals surface area contributed by atoms with Gasteiger partial charge < -0.3 is 114 Å². The molecule has 4 saturated carbocycles. The Kier molecular flexibility index (Phi) is 18.9. The van der Waals surface area contributed by atoms with E-state index in [1.54, 1.807) is 0 Å². The van der Waals surface area contributed by atoms with Crippen LogP contribution >= 0.6 is 0 Å². The summed E-state index contributed by atoms with van der Waals surface area (Å²) in [7, 11) is 0. The van der Waals surface area contributed by atoms with Gasteiger partial charge in [0.05, 0.1) is 44.2 Å². The van der Waals surface area contributed by atoms with Gasteiger partial charge in [0.1, 0.15) is 97.7 Å². The van der Waals surface area contributed by atoms with E-state index in [4.69, 9.17) is 37.9 Å². The highest BCUT2D eigenvalue weighted by atomic mass is 16.8. The second kappa shape index (κ2) is 23.5. The van der Waals surface area contributed by atoms with E-state index in [9.17, 15) is 76.6 Å². The lowest BCUT2D eigenvalue weighted by Crippen LogP contribution is -2.68. The summed E-state index contributed by atoms with van der Waals surface area (Å²) in [6.45, 7) is 14.6. The van der Waals surface area contributed by atoms with Crippen molar-refractivity contribution in [2.75, 3.05) is 26.4 Å². The summed E-state index contributed by atoms with van der Waals surface area (Å²) < 4.78 is 48.9. The molecule has 0 unspecified atom stereocenters. The molecule has 8 fully saturated rings. The summed E-state index contributed by atoms with van der Waals surface area (Å²) in [5.74, 6) is -0.475. The van der Waals surface area contributed by atoms with Crippen LogP contribution in [-0.4, -0.2) is 244 Å². The highest BCUT2D eigenvalue weighted by Gasteiger charge is 2.72. The molecule has 0 spiro atoms. The molecule has 4 aliphatic carbocycles. The van der Waals surface area contributed by atoms with Crippen molar-refractivity contribution in [1.82, 2.24) is 0 Å². The third-order valence-electron chi connectivity index (χ3n) is 20.9.